The number of Topliss-reactive ketones (excluding diaryl/α,β-unsaturated/α-hetero) is 1. The van der Waals surface area contributed by atoms with Crippen molar-refractivity contribution in [1.29, 1.82) is 0 Å². The zero-order valence-electron chi connectivity index (χ0n) is 18.3. The van der Waals surface area contributed by atoms with Crippen LogP contribution in [0.15, 0.2) is 24.3 Å². The molecule has 1 fully saturated rings. The van der Waals surface area contributed by atoms with Crippen LogP contribution in [0.5, 0.6) is 17.2 Å². The van der Waals surface area contributed by atoms with E-state index in [1.807, 2.05) is 0 Å². The molecule has 2 aromatic rings. The van der Waals surface area contributed by atoms with Crippen LogP contribution in [0.1, 0.15) is 44.4 Å². The second kappa shape index (κ2) is 9.13. The van der Waals surface area contributed by atoms with Crippen molar-refractivity contribution in [2.45, 2.75) is 18.7 Å². The molecule has 0 bridgehead atoms. The predicted octanol–water partition coefficient (Wildman–Crippen LogP) is 4.04. The number of methoxy groups -OCH3 is 2. The number of rotatable bonds is 4. The fraction of sp³-hybridized carbons (Fsp3) is 0.391. The van der Waals surface area contributed by atoms with Crippen molar-refractivity contribution in [2.24, 2.45) is 0 Å². The summed E-state index contributed by atoms with van der Waals surface area (Å²) in [4.78, 5) is 27.6. The number of benzene rings is 2. The Morgan fingerprint density at radius 3 is 2.44 bits per heavy atom. The highest BCUT2D eigenvalue weighted by molar-refractivity contribution is 6.03. The Kier molecular flexibility index (Phi) is 6.39. The van der Waals surface area contributed by atoms with Crippen molar-refractivity contribution in [1.82, 2.24) is 4.90 Å². The van der Waals surface area contributed by atoms with Crippen LogP contribution in [0, 0.1) is 5.82 Å². The van der Waals surface area contributed by atoms with E-state index in [1.54, 1.807) is 0 Å². The first-order valence-electron chi connectivity index (χ1n) is 10.4. The summed E-state index contributed by atoms with van der Waals surface area (Å²) in [5.74, 6) is -3.27. The van der Waals surface area contributed by atoms with Crippen LogP contribution in [0.25, 0.3) is 0 Å². The molecule has 2 aromatic carbocycles. The normalized spacial score (nSPS) is 18.2. The standard InChI is InChI=1S/C23H21F4NO6/c1-31-18-11-17-19(20(21(18)32-2)23(25,26)27)15(29)10-16(34-17)13-4-3-12(24)9-14(13)22(30)28-5-7-33-8-6-28/h3-4,9,11,16H,5-8,10H2,1-2H3. The second-order valence-electron chi connectivity index (χ2n) is 7.73. The van der Waals surface area contributed by atoms with Crippen LogP contribution in [0.4, 0.5) is 17.6 Å². The summed E-state index contributed by atoms with van der Waals surface area (Å²) in [5, 5.41) is 0. The molecule has 1 unspecified atom stereocenters. The number of amides is 1. The lowest BCUT2D eigenvalue weighted by Crippen LogP contribution is -2.41. The minimum atomic E-state index is -4.93. The Bertz CT molecular complexity index is 1130. The smallest absolute Gasteiger partial charge is 0.420 e. The third-order valence-electron chi connectivity index (χ3n) is 5.73. The molecule has 0 spiro atoms. The molecule has 0 aliphatic carbocycles. The van der Waals surface area contributed by atoms with Gasteiger partial charge in [0, 0.05) is 30.3 Å². The number of nitrogens with zero attached hydrogens (tertiary/aromatic N) is 1. The lowest BCUT2D eigenvalue weighted by Gasteiger charge is -2.31. The molecule has 0 aromatic heterocycles. The van der Waals surface area contributed by atoms with Crippen LogP contribution in [-0.2, 0) is 10.9 Å². The van der Waals surface area contributed by atoms with E-state index in [9.17, 15) is 27.2 Å². The maximum atomic E-state index is 14.1. The zero-order chi connectivity index (χ0) is 24.6. The van der Waals surface area contributed by atoms with Gasteiger partial charge in [0.05, 0.1) is 39.4 Å². The lowest BCUT2D eigenvalue weighted by molar-refractivity contribution is -0.139. The van der Waals surface area contributed by atoms with Crippen LogP contribution in [-0.4, -0.2) is 57.1 Å². The van der Waals surface area contributed by atoms with Gasteiger partial charge in [0.15, 0.2) is 17.3 Å². The maximum Gasteiger partial charge on any atom is 0.420 e. The van der Waals surface area contributed by atoms with Crippen LogP contribution < -0.4 is 14.2 Å². The summed E-state index contributed by atoms with van der Waals surface area (Å²) in [6.07, 6.45) is -6.52. The molecule has 1 atom stereocenters. The molecular weight excluding hydrogens is 462 g/mol. The van der Waals surface area contributed by atoms with E-state index >= 15 is 0 Å². The van der Waals surface area contributed by atoms with Gasteiger partial charge in [0.2, 0.25) is 0 Å². The zero-order valence-corrected chi connectivity index (χ0v) is 18.3. The number of carbonyl (C=O) groups is 2. The van der Waals surface area contributed by atoms with Gasteiger partial charge >= 0.3 is 6.18 Å². The van der Waals surface area contributed by atoms with Crippen molar-refractivity contribution in [2.75, 3.05) is 40.5 Å². The van der Waals surface area contributed by atoms with Crippen LogP contribution in [0.2, 0.25) is 0 Å². The monoisotopic (exact) mass is 483 g/mol. The number of ketones is 1. The second-order valence-corrected chi connectivity index (χ2v) is 7.73. The summed E-state index contributed by atoms with van der Waals surface area (Å²) < 4.78 is 76.8. The average Bonchev–Trinajstić information content (AvgIpc) is 2.82. The molecule has 2 aliphatic rings. The highest BCUT2D eigenvalue weighted by atomic mass is 19.4. The highest BCUT2D eigenvalue weighted by Gasteiger charge is 2.45. The topological polar surface area (TPSA) is 74.3 Å². The largest absolute Gasteiger partial charge is 0.493 e. The molecule has 1 saturated heterocycles. The number of morpholine rings is 1. The summed E-state index contributed by atoms with van der Waals surface area (Å²) in [7, 11) is 2.20. The molecular formula is C23H21F4NO6. The van der Waals surface area contributed by atoms with Gasteiger partial charge in [-0.3, -0.25) is 9.59 Å². The summed E-state index contributed by atoms with van der Waals surface area (Å²) in [5.41, 5.74) is -1.80. The van der Waals surface area contributed by atoms with Gasteiger partial charge < -0.3 is 23.8 Å². The van der Waals surface area contributed by atoms with Gasteiger partial charge in [0.25, 0.3) is 5.91 Å². The van der Waals surface area contributed by atoms with E-state index in [-0.39, 0.29) is 22.6 Å². The first-order chi connectivity index (χ1) is 16.2. The molecule has 34 heavy (non-hydrogen) atoms. The van der Waals surface area contributed by atoms with E-state index in [2.05, 4.69) is 0 Å². The van der Waals surface area contributed by atoms with E-state index in [0.717, 1.165) is 32.4 Å². The Hall–Kier alpha value is -3.34. The molecule has 4 rings (SSSR count). The minimum Gasteiger partial charge on any atom is -0.493 e. The number of ether oxygens (including phenoxy) is 4. The molecule has 11 heteroatoms. The molecule has 182 valence electrons. The molecule has 2 heterocycles. The Morgan fingerprint density at radius 1 is 1.12 bits per heavy atom. The maximum absolute atomic E-state index is 14.1. The first-order valence-corrected chi connectivity index (χ1v) is 10.4. The molecule has 7 nitrogen and oxygen atoms in total. The number of halogens is 4. The van der Waals surface area contributed by atoms with Crippen molar-refractivity contribution in [3.05, 3.63) is 52.3 Å². The van der Waals surface area contributed by atoms with Gasteiger partial charge in [-0.1, -0.05) is 6.07 Å². The Morgan fingerprint density at radius 2 is 1.82 bits per heavy atom. The van der Waals surface area contributed by atoms with E-state index < -0.39 is 53.1 Å². The molecule has 0 N–H and O–H groups in total. The van der Waals surface area contributed by atoms with Crippen molar-refractivity contribution >= 4 is 11.7 Å². The third-order valence-corrected chi connectivity index (χ3v) is 5.73. The molecule has 1 amide bonds. The Balaban J connectivity index is 1.79. The van der Waals surface area contributed by atoms with Gasteiger partial charge in [-0.15, -0.1) is 0 Å². The average molecular weight is 483 g/mol. The van der Waals surface area contributed by atoms with Crippen molar-refractivity contribution in [3.63, 3.8) is 0 Å². The van der Waals surface area contributed by atoms with Gasteiger partial charge in [-0.25, -0.2) is 4.39 Å². The van der Waals surface area contributed by atoms with Gasteiger partial charge in [0.1, 0.15) is 23.2 Å². The van der Waals surface area contributed by atoms with E-state index in [4.69, 9.17) is 18.9 Å². The van der Waals surface area contributed by atoms with Gasteiger partial charge in [-0.05, 0) is 12.1 Å². The van der Waals surface area contributed by atoms with Crippen LogP contribution >= 0.6 is 0 Å². The molecule has 2 aliphatic heterocycles. The Labute approximate surface area is 192 Å². The molecule has 0 radical (unpaired) electrons. The SMILES string of the molecule is COc1cc2c(c(C(F)(F)F)c1OC)C(=O)CC(c1ccc(F)cc1C(=O)N1CCOCC1)O2. The minimum absolute atomic E-state index is 0.0281. The number of alkyl halides is 3. The quantitative estimate of drug-likeness (QED) is 0.612. The summed E-state index contributed by atoms with van der Waals surface area (Å²) in [6.45, 7) is 1.25. The van der Waals surface area contributed by atoms with E-state index in [0.29, 0.717) is 26.3 Å². The predicted molar refractivity (Wildman–Crippen MR) is 110 cm³/mol. The number of hydrogen-bond donors (Lipinski definition) is 0. The van der Waals surface area contributed by atoms with Crippen molar-refractivity contribution in [3.8, 4) is 17.2 Å². The number of carbonyl (C=O) groups excluding carboxylic acids is 2. The fourth-order valence-electron chi connectivity index (χ4n) is 4.18. The molecule has 0 saturated carbocycles. The third kappa shape index (κ3) is 4.27. The van der Waals surface area contributed by atoms with Crippen LogP contribution in [0.3, 0.4) is 0 Å². The fourth-order valence-corrected chi connectivity index (χ4v) is 4.18. The first kappa shape index (κ1) is 23.8. The van der Waals surface area contributed by atoms with E-state index in [1.165, 1.54) is 11.0 Å². The summed E-state index contributed by atoms with van der Waals surface area (Å²) in [6, 6.07) is 4.58. The lowest BCUT2D eigenvalue weighted by atomic mass is 9.90. The highest BCUT2D eigenvalue weighted by Crippen LogP contribution is 2.50. The number of fused-ring (bicyclic) bond motifs is 1. The van der Waals surface area contributed by atoms with Gasteiger partial charge in [-0.2, -0.15) is 13.2 Å². The van der Waals surface area contributed by atoms with Crippen molar-refractivity contribution < 1.29 is 46.1 Å². The summed E-state index contributed by atoms with van der Waals surface area (Å²) >= 11 is 0. The number of hydrogen-bond acceptors (Lipinski definition) is 6.